The first-order chi connectivity index (χ1) is 15.3. The van der Waals surface area contributed by atoms with Gasteiger partial charge in [-0.25, -0.2) is 9.59 Å². The van der Waals surface area contributed by atoms with Gasteiger partial charge in [0, 0.05) is 31.4 Å². The molecule has 0 saturated heterocycles. The van der Waals surface area contributed by atoms with Crippen LogP contribution < -0.4 is 10.2 Å². The highest BCUT2D eigenvalue weighted by molar-refractivity contribution is 5.92. The van der Waals surface area contributed by atoms with Crippen molar-refractivity contribution in [2.75, 3.05) is 18.5 Å². The zero-order valence-corrected chi connectivity index (χ0v) is 18.4. The van der Waals surface area contributed by atoms with Gasteiger partial charge in [-0.15, -0.1) is 0 Å². The number of carbonyl (C=O) groups is 2. The number of nitro groups is 1. The molecule has 0 aliphatic heterocycles. The fraction of sp³-hybridized carbons (Fsp3) is 0.333. The summed E-state index contributed by atoms with van der Waals surface area (Å²) in [6.45, 7) is 2.76. The summed E-state index contributed by atoms with van der Waals surface area (Å²) in [6.07, 6.45) is 7.76. The number of unbranched alkanes of at least 4 members (excludes halogenated alkanes) is 4. The van der Waals surface area contributed by atoms with Gasteiger partial charge < -0.3 is 10.4 Å². The Morgan fingerprint density at radius 3 is 2.56 bits per heavy atom. The number of nitrogens with one attached hydrogen (secondary N) is 1. The number of anilines is 1. The van der Waals surface area contributed by atoms with Crippen LogP contribution in [0.2, 0.25) is 0 Å². The quantitative estimate of drug-likeness (QED) is 0.208. The average molecular weight is 440 g/mol. The van der Waals surface area contributed by atoms with Crippen LogP contribution in [0, 0.1) is 10.1 Å². The van der Waals surface area contributed by atoms with Gasteiger partial charge >= 0.3 is 12.0 Å². The van der Waals surface area contributed by atoms with Crippen LogP contribution in [0.1, 0.15) is 44.6 Å². The number of carboxylic acids is 1. The van der Waals surface area contributed by atoms with E-state index in [9.17, 15) is 19.7 Å². The normalized spacial score (nSPS) is 10.8. The molecule has 32 heavy (non-hydrogen) atoms. The Balaban J connectivity index is 2.17. The van der Waals surface area contributed by atoms with Gasteiger partial charge in [0.15, 0.2) is 0 Å². The van der Waals surface area contributed by atoms with E-state index in [1.807, 2.05) is 0 Å². The molecular formula is C24H29N3O5. The minimum Gasteiger partial charge on any atom is -0.478 e. The summed E-state index contributed by atoms with van der Waals surface area (Å²) >= 11 is 0. The van der Waals surface area contributed by atoms with Crippen molar-refractivity contribution in [2.45, 2.75) is 39.0 Å². The Morgan fingerprint density at radius 1 is 1.12 bits per heavy atom. The van der Waals surface area contributed by atoms with E-state index in [1.165, 1.54) is 29.9 Å². The number of rotatable bonds is 11. The Morgan fingerprint density at radius 2 is 1.88 bits per heavy atom. The van der Waals surface area contributed by atoms with E-state index in [1.54, 1.807) is 43.4 Å². The van der Waals surface area contributed by atoms with E-state index in [-0.39, 0.29) is 11.7 Å². The minimum absolute atomic E-state index is 0.145. The van der Waals surface area contributed by atoms with E-state index in [0.717, 1.165) is 25.3 Å². The molecule has 0 radical (unpaired) electrons. The summed E-state index contributed by atoms with van der Waals surface area (Å²) in [5.74, 6) is -1.13. The highest BCUT2D eigenvalue weighted by atomic mass is 16.6. The van der Waals surface area contributed by atoms with Gasteiger partial charge in [0.25, 0.3) is 5.69 Å². The molecule has 2 amide bonds. The predicted octanol–water partition coefficient (Wildman–Crippen LogP) is 5.48. The summed E-state index contributed by atoms with van der Waals surface area (Å²) in [5, 5.41) is 23.3. The van der Waals surface area contributed by atoms with Crippen LogP contribution >= 0.6 is 0 Å². The molecule has 0 saturated carbocycles. The molecule has 8 heteroatoms. The van der Waals surface area contributed by atoms with Crippen molar-refractivity contribution in [2.24, 2.45) is 0 Å². The molecule has 2 aromatic carbocycles. The summed E-state index contributed by atoms with van der Waals surface area (Å²) in [4.78, 5) is 35.8. The first-order valence-corrected chi connectivity index (χ1v) is 10.6. The van der Waals surface area contributed by atoms with Crippen molar-refractivity contribution in [1.29, 1.82) is 0 Å². The minimum atomic E-state index is -1.13. The van der Waals surface area contributed by atoms with Crippen LogP contribution in [0.3, 0.4) is 0 Å². The summed E-state index contributed by atoms with van der Waals surface area (Å²) < 4.78 is 0. The van der Waals surface area contributed by atoms with Crippen LogP contribution in [-0.2, 0) is 4.79 Å². The van der Waals surface area contributed by atoms with Gasteiger partial charge in [-0.3, -0.25) is 15.0 Å². The molecule has 0 heterocycles. The second-order valence-corrected chi connectivity index (χ2v) is 7.46. The molecule has 0 aliphatic carbocycles. The first kappa shape index (κ1) is 24.6. The highest BCUT2D eigenvalue weighted by Crippen LogP contribution is 2.33. The zero-order chi connectivity index (χ0) is 23.5. The number of carbonyl (C=O) groups excluding carboxylic acids is 1. The van der Waals surface area contributed by atoms with Crippen molar-refractivity contribution < 1.29 is 19.6 Å². The third-order valence-corrected chi connectivity index (χ3v) is 5.04. The molecule has 0 atom stereocenters. The van der Waals surface area contributed by atoms with Gasteiger partial charge in [0.2, 0.25) is 0 Å². The lowest BCUT2D eigenvalue weighted by atomic mass is 10.0. The largest absolute Gasteiger partial charge is 0.478 e. The van der Waals surface area contributed by atoms with Crippen LogP contribution in [-0.4, -0.2) is 35.6 Å². The maximum absolute atomic E-state index is 12.5. The highest BCUT2D eigenvalue weighted by Gasteiger charge is 2.17. The van der Waals surface area contributed by atoms with Gasteiger partial charge in [-0.05, 0) is 41.8 Å². The van der Waals surface area contributed by atoms with E-state index in [2.05, 4.69) is 12.2 Å². The van der Waals surface area contributed by atoms with Gasteiger partial charge in [-0.2, -0.15) is 0 Å². The van der Waals surface area contributed by atoms with Crippen LogP contribution in [0.15, 0.2) is 48.5 Å². The summed E-state index contributed by atoms with van der Waals surface area (Å²) in [6, 6.07) is 11.2. The number of nitro benzene ring substituents is 1. The number of nitrogens with zero attached hydrogens (tertiary/aromatic N) is 2. The smallest absolute Gasteiger partial charge is 0.328 e. The second-order valence-electron chi connectivity index (χ2n) is 7.46. The predicted molar refractivity (Wildman–Crippen MR) is 126 cm³/mol. The topological polar surface area (TPSA) is 113 Å². The third-order valence-electron chi connectivity index (χ3n) is 5.04. The van der Waals surface area contributed by atoms with Gasteiger partial charge in [-0.1, -0.05) is 50.8 Å². The molecule has 2 aromatic rings. The zero-order valence-electron chi connectivity index (χ0n) is 18.4. The molecule has 0 aliphatic rings. The SMILES string of the molecule is CCCCCCCNC(=O)N(C)c1cccc(-c2ccc(C=CC(=O)O)cc2[N+](=O)[O-])c1. The molecule has 0 unspecified atom stereocenters. The fourth-order valence-electron chi connectivity index (χ4n) is 3.26. The van der Waals surface area contributed by atoms with Crippen molar-refractivity contribution in [3.05, 3.63) is 64.2 Å². The summed E-state index contributed by atoms with van der Waals surface area (Å²) in [5.41, 5.74) is 1.84. The molecular weight excluding hydrogens is 410 g/mol. The van der Waals surface area contributed by atoms with E-state index in [4.69, 9.17) is 5.11 Å². The molecule has 0 fully saturated rings. The second kappa shape index (κ2) is 12.2. The van der Waals surface area contributed by atoms with Crippen molar-refractivity contribution in [1.82, 2.24) is 5.32 Å². The number of hydrogen-bond donors (Lipinski definition) is 2. The van der Waals surface area contributed by atoms with Gasteiger partial charge in [0.05, 0.1) is 10.5 Å². The molecule has 0 bridgehead atoms. The standard InChI is InChI=1S/C24H29N3O5/c1-3-4-5-6-7-15-25-24(30)26(2)20-10-8-9-19(17-20)21-13-11-18(12-14-23(28)29)16-22(21)27(31)32/h8-14,16-17H,3-7,15H2,1-2H3,(H,25,30)(H,28,29). The lowest BCUT2D eigenvalue weighted by Gasteiger charge is -2.19. The molecule has 170 valence electrons. The Bertz CT molecular complexity index is 987. The van der Waals surface area contributed by atoms with Crippen LogP contribution in [0.25, 0.3) is 17.2 Å². The monoisotopic (exact) mass is 439 g/mol. The number of aliphatic carboxylic acids is 1. The van der Waals surface area contributed by atoms with Crippen LogP contribution in [0.4, 0.5) is 16.2 Å². The molecule has 0 spiro atoms. The maximum Gasteiger partial charge on any atom is 0.328 e. The Kier molecular flexibility index (Phi) is 9.41. The van der Waals surface area contributed by atoms with Crippen LogP contribution in [0.5, 0.6) is 0 Å². The number of urea groups is 1. The van der Waals surface area contributed by atoms with Crippen molar-refractivity contribution in [3.8, 4) is 11.1 Å². The lowest BCUT2D eigenvalue weighted by molar-refractivity contribution is -0.384. The lowest BCUT2D eigenvalue weighted by Crippen LogP contribution is -2.37. The Hall–Kier alpha value is -3.68. The fourth-order valence-corrected chi connectivity index (χ4v) is 3.26. The number of hydrogen-bond acceptors (Lipinski definition) is 4. The average Bonchev–Trinajstić information content (AvgIpc) is 2.79. The van der Waals surface area contributed by atoms with Gasteiger partial charge in [0.1, 0.15) is 0 Å². The van der Waals surface area contributed by atoms with E-state index in [0.29, 0.717) is 28.9 Å². The number of carboxylic acid groups (broad SMARTS) is 1. The molecule has 8 nitrogen and oxygen atoms in total. The van der Waals surface area contributed by atoms with Crippen molar-refractivity contribution >= 4 is 29.5 Å². The van der Waals surface area contributed by atoms with Crippen molar-refractivity contribution in [3.63, 3.8) is 0 Å². The molecule has 2 rings (SSSR count). The Labute approximate surface area is 187 Å². The number of benzene rings is 2. The van der Waals surface area contributed by atoms with E-state index < -0.39 is 10.9 Å². The first-order valence-electron chi connectivity index (χ1n) is 10.6. The summed E-state index contributed by atoms with van der Waals surface area (Å²) in [7, 11) is 1.65. The van der Waals surface area contributed by atoms with E-state index >= 15 is 0 Å². The number of amides is 2. The molecule has 0 aromatic heterocycles. The maximum atomic E-state index is 12.5. The molecule has 2 N–H and O–H groups in total. The third kappa shape index (κ3) is 7.23.